The van der Waals surface area contributed by atoms with Crippen molar-refractivity contribution in [3.05, 3.63) is 0 Å². The minimum Gasteiger partial charge on any atom is -0.370 e. The molecule has 1 aliphatic rings. The number of nitrogens with two attached hydrogens (primary N) is 1. The fraction of sp³-hybridized carbons (Fsp3) is 0.923. The molecule has 0 atom stereocenters. The van der Waals surface area contributed by atoms with Crippen LogP contribution in [0.3, 0.4) is 0 Å². The summed E-state index contributed by atoms with van der Waals surface area (Å²) in [5, 5.41) is 3.18. The lowest BCUT2D eigenvalue weighted by atomic mass is 10.2. The Labute approximate surface area is 129 Å². The average molecular weight is 368 g/mol. The molecule has 0 aliphatic heterocycles. The molecule has 0 bridgehead atoms. The highest BCUT2D eigenvalue weighted by Crippen LogP contribution is 2.21. The van der Waals surface area contributed by atoms with Crippen LogP contribution in [0.15, 0.2) is 4.99 Å². The van der Waals surface area contributed by atoms with E-state index in [1.54, 1.807) is 0 Å². The highest BCUT2D eigenvalue weighted by atomic mass is 127. The predicted octanol–water partition coefficient (Wildman–Crippen LogP) is 2.04. The Kier molecular flexibility index (Phi) is 9.81. The molecule has 0 saturated heterocycles. The van der Waals surface area contributed by atoms with Gasteiger partial charge >= 0.3 is 0 Å². The minimum atomic E-state index is 0. The largest absolute Gasteiger partial charge is 0.370 e. The second-order valence-corrected chi connectivity index (χ2v) is 5.47. The maximum absolute atomic E-state index is 5.78. The van der Waals surface area contributed by atoms with E-state index in [1.807, 2.05) is 0 Å². The van der Waals surface area contributed by atoms with E-state index < -0.39 is 0 Å². The Morgan fingerprint density at radius 1 is 1.39 bits per heavy atom. The first-order chi connectivity index (χ1) is 8.09. The SMILES string of the molecule is CC(C)CN=C(N)NCCN(C)C1CCCC1.I. The van der Waals surface area contributed by atoms with Gasteiger partial charge in [0, 0.05) is 25.7 Å². The van der Waals surface area contributed by atoms with Crippen LogP contribution in [0, 0.1) is 5.92 Å². The smallest absolute Gasteiger partial charge is 0.188 e. The maximum Gasteiger partial charge on any atom is 0.188 e. The first kappa shape index (κ1) is 18.0. The number of halogens is 1. The molecule has 0 aromatic heterocycles. The number of nitrogens with one attached hydrogen (secondary N) is 1. The van der Waals surface area contributed by atoms with Gasteiger partial charge in [0.05, 0.1) is 0 Å². The second kappa shape index (κ2) is 9.83. The lowest BCUT2D eigenvalue weighted by Crippen LogP contribution is -2.40. The van der Waals surface area contributed by atoms with E-state index in [1.165, 1.54) is 25.7 Å². The first-order valence-corrected chi connectivity index (χ1v) is 6.83. The van der Waals surface area contributed by atoms with Crippen molar-refractivity contribution in [3.63, 3.8) is 0 Å². The van der Waals surface area contributed by atoms with Gasteiger partial charge in [0.25, 0.3) is 0 Å². The highest BCUT2D eigenvalue weighted by Gasteiger charge is 2.18. The van der Waals surface area contributed by atoms with Crippen LogP contribution >= 0.6 is 24.0 Å². The Hall–Kier alpha value is -0.0400. The Morgan fingerprint density at radius 3 is 2.56 bits per heavy atom. The summed E-state index contributed by atoms with van der Waals surface area (Å²) in [4.78, 5) is 6.72. The monoisotopic (exact) mass is 368 g/mol. The molecule has 1 saturated carbocycles. The summed E-state index contributed by atoms with van der Waals surface area (Å²) < 4.78 is 0. The van der Waals surface area contributed by atoms with Crippen molar-refractivity contribution in [3.8, 4) is 0 Å². The molecule has 108 valence electrons. The molecular weight excluding hydrogens is 339 g/mol. The maximum atomic E-state index is 5.78. The molecule has 18 heavy (non-hydrogen) atoms. The molecule has 4 nitrogen and oxygen atoms in total. The topological polar surface area (TPSA) is 53.6 Å². The summed E-state index contributed by atoms with van der Waals surface area (Å²) in [5.41, 5.74) is 5.78. The zero-order chi connectivity index (χ0) is 12.7. The van der Waals surface area contributed by atoms with E-state index in [2.05, 4.69) is 36.1 Å². The lowest BCUT2D eigenvalue weighted by molar-refractivity contribution is 0.249. The number of guanidine groups is 1. The summed E-state index contributed by atoms with van der Waals surface area (Å²) in [6, 6.07) is 0.783. The van der Waals surface area contributed by atoms with E-state index in [0.717, 1.165) is 25.7 Å². The molecule has 1 fully saturated rings. The fourth-order valence-corrected chi connectivity index (χ4v) is 2.22. The first-order valence-electron chi connectivity index (χ1n) is 6.83. The van der Waals surface area contributed by atoms with Crippen molar-refractivity contribution in [1.82, 2.24) is 10.2 Å². The summed E-state index contributed by atoms with van der Waals surface area (Å²) in [7, 11) is 2.21. The van der Waals surface area contributed by atoms with Gasteiger partial charge in [-0.15, -0.1) is 24.0 Å². The standard InChI is InChI=1S/C13H28N4.HI/c1-11(2)10-16-13(14)15-8-9-17(3)12-6-4-5-7-12;/h11-12H,4-10H2,1-3H3,(H3,14,15,16);1H. The molecule has 0 radical (unpaired) electrons. The van der Waals surface area contributed by atoms with E-state index in [9.17, 15) is 0 Å². The number of hydrogen-bond acceptors (Lipinski definition) is 2. The number of likely N-dealkylation sites (N-methyl/N-ethyl adjacent to an activating group) is 1. The number of nitrogens with zero attached hydrogens (tertiary/aromatic N) is 2. The summed E-state index contributed by atoms with van der Waals surface area (Å²) in [6.07, 6.45) is 5.49. The van der Waals surface area contributed by atoms with Crippen LogP contribution in [0.25, 0.3) is 0 Å². The number of aliphatic imine (C=N–C) groups is 1. The third kappa shape index (κ3) is 7.41. The van der Waals surface area contributed by atoms with Crippen molar-refractivity contribution in [2.45, 2.75) is 45.6 Å². The van der Waals surface area contributed by atoms with Crippen molar-refractivity contribution in [2.75, 3.05) is 26.7 Å². The van der Waals surface area contributed by atoms with Gasteiger partial charge in [-0.05, 0) is 25.8 Å². The van der Waals surface area contributed by atoms with Gasteiger partial charge in [0.2, 0.25) is 0 Å². The number of rotatable bonds is 6. The van der Waals surface area contributed by atoms with Crippen LogP contribution in [0.2, 0.25) is 0 Å². The zero-order valence-electron chi connectivity index (χ0n) is 12.0. The van der Waals surface area contributed by atoms with Crippen molar-refractivity contribution in [1.29, 1.82) is 0 Å². The van der Waals surface area contributed by atoms with E-state index in [0.29, 0.717) is 11.9 Å². The van der Waals surface area contributed by atoms with Gasteiger partial charge in [0.1, 0.15) is 0 Å². The Bertz CT molecular complexity index is 237. The fourth-order valence-electron chi connectivity index (χ4n) is 2.22. The van der Waals surface area contributed by atoms with Crippen LogP contribution in [0.1, 0.15) is 39.5 Å². The average Bonchev–Trinajstić information content (AvgIpc) is 2.79. The molecule has 0 aromatic rings. The van der Waals surface area contributed by atoms with Gasteiger partial charge in [-0.1, -0.05) is 26.7 Å². The van der Waals surface area contributed by atoms with Crippen molar-refractivity contribution >= 4 is 29.9 Å². The normalized spacial score (nSPS) is 17.3. The Balaban J connectivity index is 0.00000289. The molecule has 0 amide bonds. The third-order valence-corrected chi connectivity index (χ3v) is 3.35. The van der Waals surface area contributed by atoms with Gasteiger partial charge < -0.3 is 16.0 Å². The van der Waals surface area contributed by atoms with Crippen LogP contribution in [0.4, 0.5) is 0 Å². The molecule has 0 aromatic carbocycles. The van der Waals surface area contributed by atoms with Gasteiger partial charge in [0.15, 0.2) is 5.96 Å². The van der Waals surface area contributed by atoms with Crippen molar-refractivity contribution < 1.29 is 0 Å². The van der Waals surface area contributed by atoms with Gasteiger partial charge in [-0.2, -0.15) is 0 Å². The third-order valence-electron chi connectivity index (χ3n) is 3.35. The van der Waals surface area contributed by atoms with Crippen LogP contribution in [0.5, 0.6) is 0 Å². The summed E-state index contributed by atoms with van der Waals surface area (Å²) in [5.74, 6) is 1.15. The minimum absolute atomic E-state index is 0. The molecule has 0 heterocycles. The van der Waals surface area contributed by atoms with E-state index >= 15 is 0 Å². The zero-order valence-corrected chi connectivity index (χ0v) is 14.3. The van der Waals surface area contributed by atoms with Gasteiger partial charge in [-0.25, -0.2) is 0 Å². The lowest BCUT2D eigenvalue weighted by Gasteiger charge is -2.24. The molecule has 1 rings (SSSR count). The molecule has 0 spiro atoms. The van der Waals surface area contributed by atoms with E-state index in [-0.39, 0.29) is 24.0 Å². The second-order valence-electron chi connectivity index (χ2n) is 5.47. The van der Waals surface area contributed by atoms with Crippen LogP contribution < -0.4 is 11.1 Å². The Morgan fingerprint density at radius 2 is 2.00 bits per heavy atom. The number of hydrogen-bond donors (Lipinski definition) is 2. The van der Waals surface area contributed by atoms with Gasteiger partial charge in [-0.3, -0.25) is 4.99 Å². The van der Waals surface area contributed by atoms with Crippen molar-refractivity contribution in [2.24, 2.45) is 16.6 Å². The van der Waals surface area contributed by atoms with Crippen LogP contribution in [-0.4, -0.2) is 43.6 Å². The molecule has 1 aliphatic carbocycles. The molecule has 3 N–H and O–H groups in total. The van der Waals surface area contributed by atoms with Crippen LogP contribution in [-0.2, 0) is 0 Å². The summed E-state index contributed by atoms with van der Waals surface area (Å²) in [6.45, 7) is 7.02. The highest BCUT2D eigenvalue weighted by molar-refractivity contribution is 14.0. The molecule has 0 unspecified atom stereocenters. The summed E-state index contributed by atoms with van der Waals surface area (Å²) >= 11 is 0. The predicted molar refractivity (Wildman–Crippen MR) is 89.6 cm³/mol. The van der Waals surface area contributed by atoms with E-state index in [4.69, 9.17) is 5.73 Å². The molecule has 5 heteroatoms. The quantitative estimate of drug-likeness (QED) is 0.429. The molecular formula is C13H29IN4.